The molecule has 0 aliphatic rings. The van der Waals surface area contributed by atoms with E-state index >= 15 is 0 Å². The maximum absolute atomic E-state index is 11.3. The minimum absolute atomic E-state index is 0.0404. The lowest BCUT2D eigenvalue weighted by Crippen LogP contribution is -2.36. The molecule has 76 valence electrons. The first-order valence-electron chi connectivity index (χ1n) is 4.44. The lowest BCUT2D eigenvalue weighted by atomic mass is 9.96. The zero-order valence-corrected chi connectivity index (χ0v) is 8.52. The van der Waals surface area contributed by atoms with E-state index in [1.54, 1.807) is 0 Å². The van der Waals surface area contributed by atoms with E-state index in [4.69, 9.17) is 0 Å². The van der Waals surface area contributed by atoms with Gasteiger partial charge in [0.25, 0.3) is 0 Å². The molecule has 0 aliphatic heterocycles. The molecule has 0 radical (unpaired) electrons. The fourth-order valence-corrected chi connectivity index (χ4v) is 0.716. The van der Waals surface area contributed by atoms with Crippen molar-refractivity contribution in [1.29, 1.82) is 0 Å². The molecule has 13 heavy (non-hydrogen) atoms. The SMILES string of the molecule is CC(C)(C)C(=O)NCCCNC=O. The Kier molecular flexibility index (Phi) is 5.11. The normalized spacial score (nSPS) is 10.7. The largest absolute Gasteiger partial charge is 0.359 e. The molecule has 0 heterocycles. The molecule has 0 fully saturated rings. The van der Waals surface area contributed by atoms with Crippen LogP contribution in [0.25, 0.3) is 0 Å². The number of amides is 2. The van der Waals surface area contributed by atoms with Crippen LogP contribution in [0.2, 0.25) is 0 Å². The zero-order valence-electron chi connectivity index (χ0n) is 8.52. The fourth-order valence-electron chi connectivity index (χ4n) is 0.716. The van der Waals surface area contributed by atoms with Gasteiger partial charge in [0.2, 0.25) is 12.3 Å². The Hall–Kier alpha value is -1.06. The van der Waals surface area contributed by atoms with E-state index in [1.807, 2.05) is 20.8 Å². The van der Waals surface area contributed by atoms with E-state index in [0.717, 1.165) is 6.42 Å². The Morgan fingerprint density at radius 1 is 1.31 bits per heavy atom. The lowest BCUT2D eigenvalue weighted by molar-refractivity contribution is -0.128. The van der Waals surface area contributed by atoms with Crippen molar-refractivity contribution >= 4 is 12.3 Å². The molecule has 2 N–H and O–H groups in total. The molecule has 0 aromatic carbocycles. The number of carbonyl (C=O) groups excluding carboxylic acids is 2. The van der Waals surface area contributed by atoms with Crippen molar-refractivity contribution in [3.05, 3.63) is 0 Å². The highest BCUT2D eigenvalue weighted by atomic mass is 16.2. The summed E-state index contributed by atoms with van der Waals surface area (Å²) in [5, 5.41) is 5.32. The standard InChI is InChI=1S/C9H18N2O2/c1-9(2,3)8(13)11-6-4-5-10-7-12/h7H,4-6H2,1-3H3,(H,10,12)(H,11,13). The number of hydrogen-bond acceptors (Lipinski definition) is 2. The van der Waals surface area contributed by atoms with Gasteiger partial charge in [-0.15, -0.1) is 0 Å². The Morgan fingerprint density at radius 3 is 2.38 bits per heavy atom. The van der Waals surface area contributed by atoms with Gasteiger partial charge < -0.3 is 10.6 Å². The highest BCUT2D eigenvalue weighted by molar-refractivity contribution is 5.81. The van der Waals surface area contributed by atoms with Crippen LogP contribution in [0, 0.1) is 5.41 Å². The second kappa shape index (κ2) is 5.56. The van der Waals surface area contributed by atoms with Crippen LogP contribution >= 0.6 is 0 Å². The first kappa shape index (κ1) is 11.9. The van der Waals surface area contributed by atoms with E-state index in [2.05, 4.69) is 10.6 Å². The van der Waals surface area contributed by atoms with E-state index < -0.39 is 0 Å². The van der Waals surface area contributed by atoms with Crippen molar-refractivity contribution in [3.8, 4) is 0 Å². The van der Waals surface area contributed by atoms with Crippen molar-refractivity contribution in [2.45, 2.75) is 27.2 Å². The Balaban J connectivity index is 3.43. The van der Waals surface area contributed by atoms with Gasteiger partial charge in [-0.3, -0.25) is 9.59 Å². The maximum Gasteiger partial charge on any atom is 0.225 e. The van der Waals surface area contributed by atoms with Crippen molar-refractivity contribution in [2.24, 2.45) is 5.41 Å². The van der Waals surface area contributed by atoms with E-state index in [-0.39, 0.29) is 11.3 Å². The first-order chi connectivity index (χ1) is 5.98. The van der Waals surface area contributed by atoms with Crippen LogP contribution in [0.5, 0.6) is 0 Å². The molecule has 4 heteroatoms. The monoisotopic (exact) mass is 186 g/mol. The molecular formula is C9H18N2O2. The highest BCUT2D eigenvalue weighted by Gasteiger charge is 2.19. The number of carbonyl (C=O) groups is 2. The third kappa shape index (κ3) is 6.13. The molecule has 4 nitrogen and oxygen atoms in total. The van der Waals surface area contributed by atoms with Crippen LogP contribution in [0.15, 0.2) is 0 Å². The van der Waals surface area contributed by atoms with Crippen LogP contribution < -0.4 is 10.6 Å². The fraction of sp³-hybridized carbons (Fsp3) is 0.778. The maximum atomic E-state index is 11.3. The first-order valence-corrected chi connectivity index (χ1v) is 4.44. The van der Waals surface area contributed by atoms with Crippen molar-refractivity contribution in [1.82, 2.24) is 10.6 Å². The molecular weight excluding hydrogens is 168 g/mol. The van der Waals surface area contributed by atoms with E-state index in [9.17, 15) is 9.59 Å². The Bertz CT molecular complexity index is 173. The van der Waals surface area contributed by atoms with Gasteiger partial charge in [0.15, 0.2) is 0 Å². The molecule has 0 spiro atoms. The third-order valence-corrected chi connectivity index (χ3v) is 1.55. The van der Waals surface area contributed by atoms with E-state index in [1.165, 1.54) is 0 Å². The molecule has 0 unspecified atom stereocenters. The molecule has 0 bridgehead atoms. The molecule has 0 atom stereocenters. The summed E-state index contributed by atoms with van der Waals surface area (Å²) in [6, 6.07) is 0. The summed E-state index contributed by atoms with van der Waals surface area (Å²) in [5.74, 6) is 0.0404. The van der Waals surface area contributed by atoms with Gasteiger partial charge in [-0.05, 0) is 6.42 Å². The van der Waals surface area contributed by atoms with Gasteiger partial charge in [-0.1, -0.05) is 20.8 Å². The minimum atomic E-state index is -0.335. The van der Waals surface area contributed by atoms with Gasteiger partial charge >= 0.3 is 0 Å². The molecule has 0 aliphatic carbocycles. The van der Waals surface area contributed by atoms with Gasteiger partial charge in [0.1, 0.15) is 0 Å². The topological polar surface area (TPSA) is 58.2 Å². The van der Waals surface area contributed by atoms with E-state index in [0.29, 0.717) is 19.5 Å². The summed E-state index contributed by atoms with van der Waals surface area (Å²) < 4.78 is 0. The molecule has 0 saturated carbocycles. The average molecular weight is 186 g/mol. The van der Waals surface area contributed by atoms with Crippen molar-refractivity contribution in [3.63, 3.8) is 0 Å². The lowest BCUT2D eigenvalue weighted by Gasteiger charge is -2.17. The van der Waals surface area contributed by atoms with Gasteiger partial charge in [0, 0.05) is 18.5 Å². The Morgan fingerprint density at radius 2 is 1.92 bits per heavy atom. The van der Waals surface area contributed by atoms with Crippen molar-refractivity contribution < 1.29 is 9.59 Å². The van der Waals surface area contributed by atoms with Crippen molar-refractivity contribution in [2.75, 3.05) is 13.1 Å². The summed E-state index contributed by atoms with van der Waals surface area (Å²) in [4.78, 5) is 21.2. The third-order valence-electron chi connectivity index (χ3n) is 1.55. The highest BCUT2D eigenvalue weighted by Crippen LogP contribution is 2.11. The van der Waals surface area contributed by atoms with Crippen LogP contribution in [0.3, 0.4) is 0 Å². The Labute approximate surface area is 79.1 Å². The van der Waals surface area contributed by atoms with Gasteiger partial charge in [-0.25, -0.2) is 0 Å². The number of rotatable bonds is 5. The smallest absolute Gasteiger partial charge is 0.225 e. The van der Waals surface area contributed by atoms with Crippen LogP contribution in [0.1, 0.15) is 27.2 Å². The predicted molar refractivity (Wildman–Crippen MR) is 51.1 cm³/mol. The molecule has 0 aromatic rings. The summed E-state index contributed by atoms with van der Waals surface area (Å²) in [5.41, 5.74) is -0.335. The second-order valence-electron chi connectivity index (χ2n) is 3.93. The average Bonchev–Trinajstić information content (AvgIpc) is 2.02. The van der Waals surface area contributed by atoms with Crippen LogP contribution in [-0.2, 0) is 9.59 Å². The zero-order chi connectivity index (χ0) is 10.3. The molecule has 2 amide bonds. The van der Waals surface area contributed by atoms with Gasteiger partial charge in [0.05, 0.1) is 0 Å². The summed E-state index contributed by atoms with van der Waals surface area (Å²) >= 11 is 0. The summed E-state index contributed by atoms with van der Waals surface area (Å²) in [6.45, 7) is 6.81. The summed E-state index contributed by atoms with van der Waals surface area (Å²) in [7, 11) is 0. The molecule has 0 rings (SSSR count). The minimum Gasteiger partial charge on any atom is -0.359 e. The van der Waals surface area contributed by atoms with Crippen LogP contribution in [-0.4, -0.2) is 25.4 Å². The van der Waals surface area contributed by atoms with Gasteiger partial charge in [-0.2, -0.15) is 0 Å². The second-order valence-corrected chi connectivity index (χ2v) is 3.93. The molecule has 0 aromatic heterocycles. The van der Waals surface area contributed by atoms with Crippen LogP contribution in [0.4, 0.5) is 0 Å². The quantitative estimate of drug-likeness (QED) is 0.479. The number of nitrogens with one attached hydrogen (secondary N) is 2. The predicted octanol–water partition coefficient (Wildman–Crippen LogP) is 0.285. The number of hydrogen-bond donors (Lipinski definition) is 2. The molecule has 0 saturated heterocycles. The summed E-state index contributed by atoms with van der Waals surface area (Å²) in [6.07, 6.45) is 1.42.